The molecule has 186 valence electrons. The van der Waals surface area contributed by atoms with Crippen molar-refractivity contribution in [3.8, 4) is 11.5 Å². The fourth-order valence-corrected chi connectivity index (χ4v) is 3.72. The smallest absolute Gasteiger partial charge is 0.257 e. The summed E-state index contributed by atoms with van der Waals surface area (Å²) in [4.78, 5) is 23.9. The van der Waals surface area contributed by atoms with Crippen molar-refractivity contribution in [1.29, 1.82) is 0 Å². The summed E-state index contributed by atoms with van der Waals surface area (Å²) in [5.74, 6) is 1.34. The number of carbonyl (C=O) groups excluding carboxylic acids is 2. The zero-order valence-electron chi connectivity index (χ0n) is 21.2. The number of unbranched alkanes of at least 4 members (excludes halogenated alkanes) is 5. The fourth-order valence-electron chi connectivity index (χ4n) is 3.72. The second-order valence-corrected chi connectivity index (χ2v) is 8.94. The number of rotatable bonds is 15. The summed E-state index contributed by atoms with van der Waals surface area (Å²) in [5, 5.41) is 5.83. The highest BCUT2D eigenvalue weighted by molar-refractivity contribution is 5.77. The average molecular weight is 469 g/mol. The maximum absolute atomic E-state index is 11.9. The van der Waals surface area contributed by atoms with E-state index in [1.165, 1.54) is 11.1 Å². The van der Waals surface area contributed by atoms with Crippen LogP contribution in [0.1, 0.15) is 60.8 Å². The van der Waals surface area contributed by atoms with Gasteiger partial charge in [0.1, 0.15) is 11.5 Å². The molecule has 0 saturated heterocycles. The van der Waals surface area contributed by atoms with Gasteiger partial charge in [-0.05, 0) is 63.8 Å². The molecule has 2 aromatic rings. The van der Waals surface area contributed by atoms with Crippen molar-refractivity contribution in [3.63, 3.8) is 0 Å². The standard InChI is InChI=1S/C28H40N2O4/c1-21-11-13-25(23(3)17-21)33-19-27(31)29-15-9-7-5-6-8-10-16-30-28(32)20-34-26-14-12-22(2)18-24(26)4/h11-14,17-18H,5-10,15-16,19-20H2,1-4H3,(H,29,31)(H,30,32). The summed E-state index contributed by atoms with van der Waals surface area (Å²) >= 11 is 0. The molecule has 0 aliphatic rings. The van der Waals surface area contributed by atoms with Crippen LogP contribution in [-0.2, 0) is 9.59 Å². The Labute approximate surface area is 204 Å². The minimum atomic E-state index is -0.0859. The van der Waals surface area contributed by atoms with E-state index in [9.17, 15) is 9.59 Å². The van der Waals surface area contributed by atoms with Gasteiger partial charge in [-0.25, -0.2) is 0 Å². The van der Waals surface area contributed by atoms with Crippen molar-refractivity contribution in [2.24, 2.45) is 0 Å². The molecule has 2 rings (SSSR count). The number of benzene rings is 2. The molecule has 0 unspecified atom stereocenters. The van der Waals surface area contributed by atoms with E-state index in [-0.39, 0.29) is 25.0 Å². The van der Waals surface area contributed by atoms with Gasteiger partial charge in [-0.2, -0.15) is 0 Å². The van der Waals surface area contributed by atoms with E-state index >= 15 is 0 Å². The van der Waals surface area contributed by atoms with Crippen LogP contribution in [0.5, 0.6) is 11.5 Å². The third kappa shape index (κ3) is 10.7. The lowest BCUT2D eigenvalue weighted by molar-refractivity contribution is -0.123. The second kappa shape index (κ2) is 15.0. The van der Waals surface area contributed by atoms with Gasteiger partial charge >= 0.3 is 0 Å². The molecule has 0 bridgehead atoms. The Morgan fingerprint density at radius 3 is 1.38 bits per heavy atom. The Hall–Kier alpha value is -3.02. The highest BCUT2D eigenvalue weighted by Gasteiger charge is 2.06. The van der Waals surface area contributed by atoms with Crippen molar-refractivity contribution in [1.82, 2.24) is 10.6 Å². The van der Waals surface area contributed by atoms with Gasteiger partial charge in [0, 0.05) is 13.1 Å². The first-order chi connectivity index (χ1) is 16.3. The van der Waals surface area contributed by atoms with Crippen LogP contribution in [-0.4, -0.2) is 38.1 Å². The Balaban J connectivity index is 1.41. The van der Waals surface area contributed by atoms with Gasteiger partial charge in [-0.15, -0.1) is 0 Å². The zero-order chi connectivity index (χ0) is 24.8. The van der Waals surface area contributed by atoms with E-state index in [0.717, 1.165) is 61.2 Å². The van der Waals surface area contributed by atoms with Gasteiger partial charge in [0.05, 0.1) is 0 Å². The fraction of sp³-hybridized carbons (Fsp3) is 0.500. The van der Waals surface area contributed by atoms with E-state index in [1.807, 2.05) is 64.1 Å². The van der Waals surface area contributed by atoms with Crippen LogP contribution >= 0.6 is 0 Å². The van der Waals surface area contributed by atoms with Crippen LogP contribution in [0.4, 0.5) is 0 Å². The summed E-state index contributed by atoms with van der Waals surface area (Å²) in [6, 6.07) is 11.9. The van der Waals surface area contributed by atoms with Crippen LogP contribution in [0.15, 0.2) is 36.4 Å². The van der Waals surface area contributed by atoms with Gasteiger partial charge in [0.25, 0.3) is 11.8 Å². The molecule has 0 aromatic heterocycles. The molecule has 0 aliphatic heterocycles. The SMILES string of the molecule is Cc1ccc(OCC(=O)NCCCCCCCCNC(=O)COc2ccc(C)cc2C)c(C)c1. The van der Waals surface area contributed by atoms with Crippen LogP contribution in [0.25, 0.3) is 0 Å². The molecule has 0 fully saturated rings. The highest BCUT2D eigenvalue weighted by Crippen LogP contribution is 2.19. The summed E-state index contributed by atoms with van der Waals surface area (Å²) in [7, 11) is 0. The monoisotopic (exact) mass is 468 g/mol. The molecule has 34 heavy (non-hydrogen) atoms. The van der Waals surface area contributed by atoms with E-state index < -0.39 is 0 Å². The lowest BCUT2D eigenvalue weighted by atomic mass is 10.1. The first kappa shape index (κ1) is 27.2. The molecule has 0 heterocycles. The molecule has 0 saturated carbocycles. The quantitative estimate of drug-likeness (QED) is 0.363. The van der Waals surface area contributed by atoms with E-state index in [1.54, 1.807) is 0 Å². The maximum atomic E-state index is 11.9. The zero-order valence-corrected chi connectivity index (χ0v) is 21.2. The Morgan fingerprint density at radius 1 is 0.618 bits per heavy atom. The van der Waals surface area contributed by atoms with Crippen LogP contribution in [0, 0.1) is 27.7 Å². The normalized spacial score (nSPS) is 10.6. The molecule has 2 aromatic carbocycles. The number of ether oxygens (including phenoxy) is 2. The number of nitrogens with one attached hydrogen (secondary N) is 2. The van der Waals surface area contributed by atoms with Crippen molar-refractivity contribution in [3.05, 3.63) is 58.7 Å². The summed E-state index contributed by atoms with van der Waals surface area (Å²) < 4.78 is 11.2. The van der Waals surface area contributed by atoms with Crippen molar-refractivity contribution in [2.75, 3.05) is 26.3 Å². The molecule has 6 nitrogen and oxygen atoms in total. The summed E-state index contributed by atoms with van der Waals surface area (Å²) in [5.41, 5.74) is 4.44. The third-order valence-corrected chi connectivity index (χ3v) is 5.63. The molecule has 0 spiro atoms. The van der Waals surface area contributed by atoms with Crippen LogP contribution < -0.4 is 20.1 Å². The molecule has 0 atom stereocenters. The van der Waals surface area contributed by atoms with Gasteiger partial charge in [0.2, 0.25) is 0 Å². The van der Waals surface area contributed by atoms with Crippen LogP contribution in [0.2, 0.25) is 0 Å². The van der Waals surface area contributed by atoms with Crippen LogP contribution in [0.3, 0.4) is 0 Å². The third-order valence-electron chi connectivity index (χ3n) is 5.63. The Morgan fingerprint density at radius 2 is 1.00 bits per heavy atom. The number of carbonyl (C=O) groups is 2. The lowest BCUT2D eigenvalue weighted by Crippen LogP contribution is -2.29. The lowest BCUT2D eigenvalue weighted by Gasteiger charge is -2.10. The first-order valence-electron chi connectivity index (χ1n) is 12.3. The topological polar surface area (TPSA) is 76.7 Å². The Kier molecular flexibility index (Phi) is 12.0. The molecular formula is C28H40N2O4. The van der Waals surface area contributed by atoms with E-state index in [4.69, 9.17) is 9.47 Å². The van der Waals surface area contributed by atoms with Gasteiger partial charge in [0.15, 0.2) is 13.2 Å². The predicted molar refractivity (Wildman–Crippen MR) is 137 cm³/mol. The summed E-state index contributed by atoms with van der Waals surface area (Å²) in [6.07, 6.45) is 6.32. The molecule has 2 N–H and O–H groups in total. The number of amides is 2. The Bertz CT molecular complexity index is 851. The molecule has 2 amide bonds. The maximum Gasteiger partial charge on any atom is 0.257 e. The van der Waals surface area contributed by atoms with E-state index in [0.29, 0.717) is 13.1 Å². The minimum Gasteiger partial charge on any atom is -0.484 e. The molecule has 0 aliphatic carbocycles. The summed E-state index contributed by atoms with van der Waals surface area (Å²) in [6.45, 7) is 9.47. The van der Waals surface area contributed by atoms with E-state index in [2.05, 4.69) is 10.6 Å². The van der Waals surface area contributed by atoms with Gasteiger partial charge in [-0.1, -0.05) is 61.1 Å². The molecule has 6 heteroatoms. The van der Waals surface area contributed by atoms with Gasteiger partial charge in [-0.3, -0.25) is 9.59 Å². The van der Waals surface area contributed by atoms with Gasteiger partial charge < -0.3 is 20.1 Å². The highest BCUT2D eigenvalue weighted by atomic mass is 16.5. The average Bonchev–Trinajstić information content (AvgIpc) is 2.79. The number of aryl methyl sites for hydroxylation is 4. The predicted octanol–water partition coefficient (Wildman–Crippen LogP) is 4.95. The number of hydrogen-bond donors (Lipinski definition) is 2. The minimum absolute atomic E-state index is 0.0469. The molecular weight excluding hydrogens is 428 g/mol. The van der Waals surface area contributed by atoms with Crippen molar-refractivity contribution in [2.45, 2.75) is 66.2 Å². The largest absolute Gasteiger partial charge is 0.484 e. The van der Waals surface area contributed by atoms with Crippen molar-refractivity contribution < 1.29 is 19.1 Å². The molecule has 0 radical (unpaired) electrons. The van der Waals surface area contributed by atoms with Crippen molar-refractivity contribution >= 4 is 11.8 Å². The number of hydrogen-bond acceptors (Lipinski definition) is 4. The second-order valence-electron chi connectivity index (χ2n) is 8.94. The first-order valence-corrected chi connectivity index (χ1v) is 12.3.